The summed E-state index contributed by atoms with van der Waals surface area (Å²) in [6.45, 7) is 12.0. The third-order valence-corrected chi connectivity index (χ3v) is 4.78. The van der Waals surface area contributed by atoms with Crippen LogP contribution in [0.5, 0.6) is 0 Å². The van der Waals surface area contributed by atoms with Crippen molar-refractivity contribution < 1.29 is 23.9 Å². The number of carbonyl (C=O) groups excluding carboxylic acids is 3. The lowest BCUT2D eigenvalue weighted by Crippen LogP contribution is -2.38. The highest BCUT2D eigenvalue weighted by molar-refractivity contribution is 5.79. The van der Waals surface area contributed by atoms with Gasteiger partial charge in [-0.25, -0.2) is 4.79 Å². The van der Waals surface area contributed by atoms with Crippen molar-refractivity contribution in [2.45, 2.75) is 65.6 Å². The van der Waals surface area contributed by atoms with Crippen LogP contribution < -0.4 is 0 Å². The van der Waals surface area contributed by atoms with E-state index in [1.54, 1.807) is 17.0 Å². The quantitative estimate of drug-likeness (QED) is 0.543. The number of ether oxygens (including phenoxy) is 2. The number of esters is 1. The zero-order chi connectivity index (χ0) is 21.8. The number of aldehydes is 1. The first-order chi connectivity index (χ1) is 13.4. The molecule has 29 heavy (non-hydrogen) atoms. The van der Waals surface area contributed by atoms with E-state index in [0.29, 0.717) is 31.5 Å². The Balaban J connectivity index is 2.20. The van der Waals surface area contributed by atoms with Gasteiger partial charge in [0.15, 0.2) is 0 Å². The SMILES string of the molecule is CC(C)(C)OC(=O)[C@@H](Cc1ccccc1C=O)[C@H]1CCN(C(=O)OC(C)(C)C)C1. The molecule has 1 fully saturated rings. The van der Waals surface area contributed by atoms with Gasteiger partial charge in [-0.1, -0.05) is 24.3 Å². The molecule has 1 amide bonds. The summed E-state index contributed by atoms with van der Waals surface area (Å²) in [7, 11) is 0. The highest BCUT2D eigenvalue weighted by Gasteiger charge is 2.39. The molecule has 6 heteroatoms. The van der Waals surface area contributed by atoms with E-state index in [1.807, 2.05) is 53.7 Å². The van der Waals surface area contributed by atoms with Crippen molar-refractivity contribution in [1.29, 1.82) is 0 Å². The Kier molecular flexibility index (Phi) is 7.09. The molecule has 160 valence electrons. The van der Waals surface area contributed by atoms with E-state index in [0.717, 1.165) is 11.8 Å². The molecule has 0 unspecified atom stereocenters. The largest absolute Gasteiger partial charge is 0.460 e. The van der Waals surface area contributed by atoms with Crippen molar-refractivity contribution in [1.82, 2.24) is 4.90 Å². The molecule has 2 rings (SSSR count). The van der Waals surface area contributed by atoms with Crippen molar-refractivity contribution >= 4 is 18.3 Å². The summed E-state index contributed by atoms with van der Waals surface area (Å²) in [5.74, 6) is -0.797. The van der Waals surface area contributed by atoms with Crippen molar-refractivity contribution in [2.75, 3.05) is 13.1 Å². The number of benzene rings is 1. The second-order valence-corrected chi connectivity index (χ2v) is 9.64. The fourth-order valence-electron chi connectivity index (χ4n) is 3.50. The van der Waals surface area contributed by atoms with E-state index in [-0.39, 0.29) is 18.0 Å². The summed E-state index contributed by atoms with van der Waals surface area (Å²) in [4.78, 5) is 38.5. The highest BCUT2D eigenvalue weighted by atomic mass is 16.6. The molecule has 2 atom stereocenters. The van der Waals surface area contributed by atoms with Crippen LogP contribution in [0.2, 0.25) is 0 Å². The summed E-state index contributed by atoms with van der Waals surface area (Å²) in [5, 5.41) is 0. The lowest BCUT2D eigenvalue weighted by atomic mass is 9.85. The Hall–Kier alpha value is -2.37. The normalized spacial score (nSPS) is 18.3. The minimum Gasteiger partial charge on any atom is -0.460 e. The van der Waals surface area contributed by atoms with E-state index >= 15 is 0 Å². The first-order valence-corrected chi connectivity index (χ1v) is 10.1. The highest BCUT2D eigenvalue weighted by Crippen LogP contribution is 2.31. The monoisotopic (exact) mass is 403 g/mol. The van der Waals surface area contributed by atoms with Crippen LogP contribution in [-0.4, -0.2) is 47.5 Å². The fourth-order valence-corrected chi connectivity index (χ4v) is 3.50. The van der Waals surface area contributed by atoms with Gasteiger partial charge in [0.1, 0.15) is 17.5 Å². The molecule has 1 heterocycles. The second-order valence-electron chi connectivity index (χ2n) is 9.64. The van der Waals surface area contributed by atoms with Crippen LogP contribution in [0.25, 0.3) is 0 Å². The molecule has 1 aromatic carbocycles. The predicted molar refractivity (Wildman–Crippen MR) is 111 cm³/mol. The number of likely N-dealkylation sites (tertiary alicyclic amines) is 1. The number of hydrogen-bond acceptors (Lipinski definition) is 5. The number of nitrogens with zero attached hydrogens (tertiary/aromatic N) is 1. The zero-order valence-electron chi connectivity index (χ0n) is 18.4. The molecule has 1 aromatic rings. The minimum atomic E-state index is -0.608. The zero-order valence-corrected chi connectivity index (χ0v) is 18.4. The molecule has 0 saturated carbocycles. The molecular weight excluding hydrogens is 370 g/mol. The van der Waals surface area contributed by atoms with Crippen molar-refractivity contribution in [2.24, 2.45) is 11.8 Å². The topological polar surface area (TPSA) is 72.9 Å². The average molecular weight is 404 g/mol. The van der Waals surface area contributed by atoms with Crippen molar-refractivity contribution in [3.8, 4) is 0 Å². The fraction of sp³-hybridized carbons (Fsp3) is 0.609. The van der Waals surface area contributed by atoms with Crippen LogP contribution >= 0.6 is 0 Å². The Morgan fingerprint density at radius 3 is 2.31 bits per heavy atom. The average Bonchev–Trinajstić information content (AvgIpc) is 3.06. The van der Waals surface area contributed by atoms with Gasteiger partial charge >= 0.3 is 12.1 Å². The molecule has 1 saturated heterocycles. The first-order valence-electron chi connectivity index (χ1n) is 10.1. The van der Waals surface area contributed by atoms with Gasteiger partial charge in [-0.3, -0.25) is 9.59 Å². The van der Waals surface area contributed by atoms with Crippen LogP contribution in [0.15, 0.2) is 24.3 Å². The number of rotatable bonds is 5. The van der Waals surface area contributed by atoms with Gasteiger partial charge in [0.05, 0.1) is 5.92 Å². The molecule has 6 nitrogen and oxygen atoms in total. The Labute approximate surface area is 173 Å². The van der Waals surface area contributed by atoms with Crippen LogP contribution in [0, 0.1) is 11.8 Å². The molecule has 0 spiro atoms. The molecule has 1 aliphatic rings. The van der Waals surface area contributed by atoms with E-state index in [9.17, 15) is 14.4 Å². The third kappa shape index (κ3) is 6.87. The molecule has 0 aliphatic carbocycles. The summed E-state index contributed by atoms with van der Waals surface area (Å²) in [5.41, 5.74) is 0.211. The molecule has 1 aliphatic heterocycles. The van der Waals surface area contributed by atoms with Gasteiger partial charge in [-0.05, 0) is 65.9 Å². The minimum absolute atomic E-state index is 0.0583. The van der Waals surface area contributed by atoms with Gasteiger partial charge in [-0.2, -0.15) is 0 Å². The third-order valence-electron chi connectivity index (χ3n) is 4.78. The standard InChI is InChI=1S/C23H33NO5/c1-22(2,3)28-20(26)19(13-16-9-7-8-10-18(16)15-25)17-11-12-24(14-17)21(27)29-23(4,5)6/h7-10,15,17,19H,11-14H2,1-6H3/t17-,19-/m0/s1. The molecule has 0 bridgehead atoms. The lowest BCUT2D eigenvalue weighted by molar-refractivity contribution is -0.162. The molecule has 0 radical (unpaired) electrons. The second kappa shape index (κ2) is 8.97. The number of hydrogen-bond donors (Lipinski definition) is 0. The van der Waals surface area contributed by atoms with Gasteiger partial charge in [-0.15, -0.1) is 0 Å². The van der Waals surface area contributed by atoms with E-state index in [2.05, 4.69) is 0 Å². The lowest BCUT2D eigenvalue weighted by Gasteiger charge is -2.28. The molecular formula is C23H33NO5. The van der Waals surface area contributed by atoms with Crippen LogP contribution in [0.4, 0.5) is 4.79 Å². The number of amides is 1. The molecule has 0 aromatic heterocycles. The smallest absolute Gasteiger partial charge is 0.410 e. The van der Waals surface area contributed by atoms with Crippen molar-refractivity contribution in [3.63, 3.8) is 0 Å². The maximum Gasteiger partial charge on any atom is 0.410 e. The van der Waals surface area contributed by atoms with E-state index in [1.165, 1.54) is 0 Å². The molecule has 0 N–H and O–H groups in total. The maximum absolute atomic E-state index is 13.0. The van der Waals surface area contributed by atoms with E-state index < -0.39 is 17.1 Å². The Bertz CT molecular complexity index is 744. The predicted octanol–water partition coefficient (Wildman–Crippen LogP) is 4.26. The van der Waals surface area contributed by atoms with Crippen LogP contribution in [0.3, 0.4) is 0 Å². The summed E-state index contributed by atoms with van der Waals surface area (Å²) in [6, 6.07) is 7.27. The first kappa shape index (κ1) is 22.9. The summed E-state index contributed by atoms with van der Waals surface area (Å²) in [6.07, 6.45) is 1.53. The maximum atomic E-state index is 13.0. The summed E-state index contributed by atoms with van der Waals surface area (Å²) < 4.78 is 11.1. The summed E-state index contributed by atoms with van der Waals surface area (Å²) >= 11 is 0. The van der Waals surface area contributed by atoms with Crippen LogP contribution in [-0.2, 0) is 20.7 Å². The van der Waals surface area contributed by atoms with Crippen molar-refractivity contribution in [3.05, 3.63) is 35.4 Å². The van der Waals surface area contributed by atoms with Crippen LogP contribution in [0.1, 0.15) is 63.9 Å². The Morgan fingerprint density at radius 2 is 1.72 bits per heavy atom. The number of carbonyl (C=O) groups is 3. The van der Waals surface area contributed by atoms with Gasteiger partial charge < -0.3 is 14.4 Å². The van der Waals surface area contributed by atoms with Gasteiger partial charge in [0.25, 0.3) is 0 Å². The van der Waals surface area contributed by atoms with E-state index in [4.69, 9.17) is 9.47 Å². The Morgan fingerprint density at radius 1 is 1.10 bits per heavy atom. The van der Waals surface area contributed by atoms with Gasteiger partial charge in [0, 0.05) is 18.7 Å². The van der Waals surface area contributed by atoms with Gasteiger partial charge in [0.2, 0.25) is 0 Å².